The van der Waals surface area contributed by atoms with Gasteiger partial charge in [0.15, 0.2) is 0 Å². The van der Waals surface area contributed by atoms with Crippen LogP contribution in [0.25, 0.3) is 0 Å². The van der Waals surface area contributed by atoms with Gasteiger partial charge < -0.3 is 4.90 Å². The van der Waals surface area contributed by atoms with Crippen LogP contribution >= 0.6 is 0 Å². The molecular weight excluding hydrogens is 251 g/mol. The third-order valence-corrected chi connectivity index (χ3v) is 3.69. The molecule has 1 aromatic rings. The molecule has 0 spiro atoms. The van der Waals surface area contributed by atoms with Gasteiger partial charge in [-0.15, -0.1) is 0 Å². The van der Waals surface area contributed by atoms with Crippen LogP contribution < -0.4 is 4.90 Å². The molecule has 1 saturated heterocycles. The Balaban J connectivity index is 2.41. The van der Waals surface area contributed by atoms with Gasteiger partial charge in [-0.2, -0.15) is 13.2 Å². The number of benzene rings is 1. The second-order valence-electron chi connectivity index (χ2n) is 5.48. The molecule has 0 aliphatic carbocycles. The minimum absolute atomic E-state index is 0.108. The van der Waals surface area contributed by atoms with E-state index in [0.29, 0.717) is 5.69 Å². The van der Waals surface area contributed by atoms with Crippen LogP contribution in [0, 0.1) is 0 Å². The van der Waals surface area contributed by atoms with Crippen molar-refractivity contribution >= 4 is 5.69 Å². The number of hydrogen-bond donors (Lipinski definition) is 0. The molecule has 0 bridgehead atoms. The van der Waals surface area contributed by atoms with E-state index < -0.39 is 11.7 Å². The van der Waals surface area contributed by atoms with Crippen molar-refractivity contribution in [3.05, 3.63) is 29.3 Å². The van der Waals surface area contributed by atoms with Crippen molar-refractivity contribution in [1.29, 1.82) is 0 Å². The van der Waals surface area contributed by atoms with E-state index in [2.05, 4.69) is 0 Å². The summed E-state index contributed by atoms with van der Waals surface area (Å²) in [4.78, 5) is 1.87. The fourth-order valence-electron chi connectivity index (χ4n) is 2.55. The predicted molar refractivity (Wildman–Crippen MR) is 71.6 cm³/mol. The van der Waals surface area contributed by atoms with Crippen molar-refractivity contribution in [3.8, 4) is 0 Å². The lowest BCUT2D eigenvalue weighted by molar-refractivity contribution is -0.137. The quantitative estimate of drug-likeness (QED) is 0.745. The number of nitrogens with zero attached hydrogens (tertiary/aromatic N) is 1. The molecule has 0 amide bonds. The zero-order valence-electron chi connectivity index (χ0n) is 11.4. The van der Waals surface area contributed by atoms with Crippen LogP contribution in [0.15, 0.2) is 18.2 Å². The fourth-order valence-corrected chi connectivity index (χ4v) is 2.55. The highest BCUT2D eigenvalue weighted by Gasteiger charge is 2.35. The van der Waals surface area contributed by atoms with Gasteiger partial charge in [0.05, 0.1) is 5.56 Å². The fraction of sp³-hybridized carbons (Fsp3) is 0.600. The third kappa shape index (κ3) is 3.23. The standard InChI is InChI=1S/C15H20F3N/c1-11(2)12-6-7-14(13(10-12)15(16,17)18)19-8-4-3-5-9-19/h6-7,10-11H,3-5,8-9H2,1-2H3. The van der Waals surface area contributed by atoms with Crippen LogP contribution in [0.4, 0.5) is 18.9 Å². The molecule has 0 N–H and O–H groups in total. The normalized spacial score (nSPS) is 17.1. The third-order valence-electron chi connectivity index (χ3n) is 3.69. The van der Waals surface area contributed by atoms with Crippen LogP contribution in [0.2, 0.25) is 0 Å². The Kier molecular flexibility index (Phi) is 4.07. The summed E-state index contributed by atoms with van der Waals surface area (Å²) in [5, 5.41) is 0. The highest BCUT2D eigenvalue weighted by atomic mass is 19.4. The van der Waals surface area contributed by atoms with E-state index in [0.717, 1.165) is 37.9 Å². The molecule has 1 fully saturated rings. The Morgan fingerprint density at radius 2 is 1.68 bits per heavy atom. The van der Waals surface area contributed by atoms with E-state index in [4.69, 9.17) is 0 Å². The van der Waals surface area contributed by atoms with Crippen molar-refractivity contribution in [2.45, 2.75) is 45.2 Å². The maximum atomic E-state index is 13.2. The smallest absolute Gasteiger partial charge is 0.371 e. The number of halogens is 3. The molecular formula is C15H20F3N. The topological polar surface area (TPSA) is 3.24 Å². The van der Waals surface area contributed by atoms with E-state index in [1.165, 1.54) is 6.07 Å². The number of rotatable bonds is 2. The Hall–Kier alpha value is -1.19. The molecule has 0 saturated carbocycles. The SMILES string of the molecule is CC(C)c1ccc(N2CCCCC2)c(C(F)(F)F)c1. The van der Waals surface area contributed by atoms with Gasteiger partial charge in [-0.3, -0.25) is 0 Å². The lowest BCUT2D eigenvalue weighted by atomic mass is 9.98. The van der Waals surface area contributed by atoms with Crippen molar-refractivity contribution in [3.63, 3.8) is 0 Å². The average Bonchev–Trinajstić information content (AvgIpc) is 2.38. The summed E-state index contributed by atoms with van der Waals surface area (Å²) in [6.45, 7) is 5.28. The van der Waals surface area contributed by atoms with Crippen LogP contribution in [0.3, 0.4) is 0 Å². The second kappa shape index (κ2) is 5.43. The first-order chi connectivity index (χ1) is 8.89. The van der Waals surface area contributed by atoms with E-state index in [1.54, 1.807) is 6.07 Å². The van der Waals surface area contributed by atoms with Gasteiger partial charge in [-0.1, -0.05) is 19.9 Å². The van der Waals surface area contributed by atoms with Crippen molar-refractivity contribution < 1.29 is 13.2 Å². The number of alkyl halides is 3. The van der Waals surface area contributed by atoms with Gasteiger partial charge >= 0.3 is 6.18 Å². The van der Waals surface area contributed by atoms with E-state index >= 15 is 0 Å². The van der Waals surface area contributed by atoms with Gasteiger partial charge in [-0.05, 0) is 42.9 Å². The minimum atomic E-state index is -4.28. The van der Waals surface area contributed by atoms with Gasteiger partial charge in [-0.25, -0.2) is 0 Å². The summed E-state index contributed by atoms with van der Waals surface area (Å²) in [6, 6.07) is 4.78. The molecule has 0 atom stereocenters. The van der Waals surface area contributed by atoms with Crippen molar-refractivity contribution in [1.82, 2.24) is 0 Å². The monoisotopic (exact) mass is 271 g/mol. The minimum Gasteiger partial charge on any atom is -0.371 e. The molecule has 19 heavy (non-hydrogen) atoms. The van der Waals surface area contributed by atoms with E-state index in [1.807, 2.05) is 24.8 Å². The van der Waals surface area contributed by atoms with Crippen LogP contribution in [0.5, 0.6) is 0 Å². The lowest BCUT2D eigenvalue weighted by Gasteiger charge is -2.31. The largest absolute Gasteiger partial charge is 0.418 e. The second-order valence-corrected chi connectivity index (χ2v) is 5.48. The summed E-state index contributed by atoms with van der Waals surface area (Å²) in [6.07, 6.45) is -1.22. The maximum absolute atomic E-state index is 13.2. The Morgan fingerprint density at radius 1 is 1.05 bits per heavy atom. The van der Waals surface area contributed by atoms with E-state index in [9.17, 15) is 13.2 Å². The molecule has 2 rings (SSSR count). The predicted octanol–water partition coefficient (Wildman–Crippen LogP) is 4.82. The van der Waals surface area contributed by atoms with Crippen LogP contribution in [0.1, 0.15) is 50.2 Å². The summed E-state index contributed by atoms with van der Waals surface area (Å²) < 4.78 is 39.7. The zero-order chi connectivity index (χ0) is 14.0. The van der Waals surface area contributed by atoms with Crippen molar-refractivity contribution in [2.24, 2.45) is 0 Å². The molecule has 106 valence electrons. The first kappa shape index (κ1) is 14.2. The molecule has 1 aromatic carbocycles. The summed E-state index contributed by atoms with van der Waals surface area (Å²) in [5.41, 5.74) is 0.602. The van der Waals surface area contributed by atoms with Gasteiger partial charge in [0, 0.05) is 18.8 Å². The number of piperidine rings is 1. The number of anilines is 1. The average molecular weight is 271 g/mol. The molecule has 1 heterocycles. The Labute approximate surface area is 112 Å². The van der Waals surface area contributed by atoms with Gasteiger partial charge in [0.2, 0.25) is 0 Å². The van der Waals surface area contributed by atoms with E-state index in [-0.39, 0.29) is 5.92 Å². The number of hydrogen-bond acceptors (Lipinski definition) is 1. The Bertz CT molecular complexity index is 432. The first-order valence-electron chi connectivity index (χ1n) is 6.85. The van der Waals surface area contributed by atoms with Crippen molar-refractivity contribution in [2.75, 3.05) is 18.0 Å². The lowest BCUT2D eigenvalue weighted by Crippen LogP contribution is -2.31. The first-order valence-corrected chi connectivity index (χ1v) is 6.85. The Morgan fingerprint density at radius 3 is 2.21 bits per heavy atom. The highest BCUT2D eigenvalue weighted by Crippen LogP contribution is 2.39. The maximum Gasteiger partial charge on any atom is 0.418 e. The summed E-state index contributed by atoms with van der Waals surface area (Å²) in [5.74, 6) is 0.108. The van der Waals surface area contributed by atoms with Gasteiger partial charge in [0.25, 0.3) is 0 Å². The summed E-state index contributed by atoms with van der Waals surface area (Å²) >= 11 is 0. The molecule has 0 aromatic heterocycles. The van der Waals surface area contributed by atoms with Crippen LogP contribution in [-0.4, -0.2) is 13.1 Å². The zero-order valence-corrected chi connectivity index (χ0v) is 11.4. The molecule has 0 unspecified atom stereocenters. The molecule has 4 heteroatoms. The summed E-state index contributed by atoms with van der Waals surface area (Å²) in [7, 11) is 0. The van der Waals surface area contributed by atoms with Gasteiger partial charge in [0.1, 0.15) is 0 Å². The molecule has 1 aliphatic rings. The highest BCUT2D eigenvalue weighted by molar-refractivity contribution is 5.57. The molecule has 1 nitrogen and oxygen atoms in total. The molecule has 1 aliphatic heterocycles. The molecule has 0 radical (unpaired) electrons. The van der Waals surface area contributed by atoms with Crippen LogP contribution in [-0.2, 0) is 6.18 Å².